The molecule has 5 heteroatoms. The van der Waals surface area contributed by atoms with Gasteiger partial charge in [0.25, 0.3) is 0 Å². The Hall–Kier alpha value is -0.130. The molecule has 0 saturated carbocycles. The van der Waals surface area contributed by atoms with Crippen molar-refractivity contribution in [3.63, 3.8) is 0 Å². The molecule has 0 amide bonds. The highest BCUT2D eigenvalue weighted by Gasteiger charge is 2.09. The third-order valence-electron chi connectivity index (χ3n) is 2.23. The van der Waals surface area contributed by atoms with Crippen molar-refractivity contribution in [3.8, 4) is 0 Å². The van der Waals surface area contributed by atoms with Gasteiger partial charge in [-0.25, -0.2) is 8.42 Å². The lowest BCUT2D eigenvalue weighted by molar-refractivity contribution is 0.284. The summed E-state index contributed by atoms with van der Waals surface area (Å²) in [5.74, 6) is 0.457. The fourth-order valence-corrected chi connectivity index (χ4v) is 2.82. The second-order valence-corrected chi connectivity index (χ2v) is 6.02. The second-order valence-electron chi connectivity index (χ2n) is 3.72. The van der Waals surface area contributed by atoms with E-state index in [2.05, 4.69) is 0 Å². The maximum absolute atomic E-state index is 11.4. The summed E-state index contributed by atoms with van der Waals surface area (Å²) >= 11 is 0. The van der Waals surface area contributed by atoms with E-state index in [1.807, 2.05) is 0 Å². The molecule has 0 spiro atoms. The van der Waals surface area contributed by atoms with Crippen LogP contribution in [0.5, 0.6) is 0 Å². The number of hydrogen-bond acceptors (Lipinski definition) is 4. The molecule has 0 atom stereocenters. The molecular weight excluding hydrogens is 216 g/mol. The molecule has 0 saturated heterocycles. The molecule has 0 unspecified atom stereocenters. The summed E-state index contributed by atoms with van der Waals surface area (Å²) in [7, 11) is -2.91. The molecule has 4 nitrogen and oxygen atoms in total. The van der Waals surface area contributed by atoms with Crippen LogP contribution in [0.2, 0.25) is 0 Å². The van der Waals surface area contributed by atoms with Crippen molar-refractivity contribution in [2.45, 2.75) is 38.5 Å². The summed E-state index contributed by atoms with van der Waals surface area (Å²) in [6.07, 6.45) is 4.19. The molecule has 0 aliphatic heterocycles. The normalized spacial score (nSPS) is 11.9. The van der Waals surface area contributed by atoms with Crippen LogP contribution in [0.4, 0.5) is 0 Å². The van der Waals surface area contributed by atoms with Gasteiger partial charge in [0.05, 0.1) is 11.5 Å². The first-order valence-electron chi connectivity index (χ1n) is 5.54. The largest absolute Gasteiger partial charge is 0.396 e. The van der Waals surface area contributed by atoms with Crippen LogP contribution in [-0.4, -0.2) is 43.4 Å². The highest BCUT2D eigenvalue weighted by molar-refractivity contribution is 7.91. The van der Waals surface area contributed by atoms with E-state index in [1.54, 1.807) is 0 Å². The molecule has 0 rings (SSSR count). The summed E-state index contributed by atoms with van der Waals surface area (Å²) < 4.78 is 22.9. The second kappa shape index (κ2) is 9.12. The third kappa shape index (κ3) is 10.2. The zero-order valence-electron chi connectivity index (χ0n) is 9.19. The Balaban J connectivity index is 3.50. The van der Waals surface area contributed by atoms with Crippen molar-refractivity contribution >= 4 is 9.84 Å². The Kier molecular flexibility index (Phi) is 9.04. The van der Waals surface area contributed by atoms with Crippen LogP contribution in [0.15, 0.2) is 0 Å². The summed E-state index contributed by atoms with van der Waals surface area (Å²) in [5.41, 5.74) is 0. The van der Waals surface area contributed by atoms with Crippen LogP contribution in [0.1, 0.15) is 38.5 Å². The van der Waals surface area contributed by atoms with Gasteiger partial charge in [-0.05, 0) is 25.7 Å². The Bertz CT molecular complexity index is 206. The van der Waals surface area contributed by atoms with Gasteiger partial charge in [0.15, 0.2) is 0 Å². The summed E-state index contributed by atoms with van der Waals surface area (Å²) in [6, 6.07) is 0. The Morgan fingerprint density at radius 1 is 0.667 bits per heavy atom. The minimum Gasteiger partial charge on any atom is -0.396 e. The highest BCUT2D eigenvalue weighted by Crippen LogP contribution is 2.04. The van der Waals surface area contributed by atoms with Gasteiger partial charge >= 0.3 is 0 Å². The number of aliphatic hydroxyl groups excluding tert-OH is 2. The van der Waals surface area contributed by atoms with E-state index in [0.717, 1.165) is 12.8 Å². The number of sulfone groups is 1. The van der Waals surface area contributed by atoms with Gasteiger partial charge in [0.1, 0.15) is 9.84 Å². The smallest absolute Gasteiger partial charge is 0.150 e. The lowest BCUT2D eigenvalue weighted by atomic mass is 10.3. The molecule has 0 aliphatic rings. The summed E-state index contributed by atoms with van der Waals surface area (Å²) in [6.45, 7) is 0.271. The van der Waals surface area contributed by atoms with Gasteiger partial charge in [-0.3, -0.25) is 0 Å². The minimum absolute atomic E-state index is 0.135. The number of rotatable bonds is 10. The molecule has 0 aromatic rings. The Morgan fingerprint density at radius 3 is 1.40 bits per heavy atom. The van der Waals surface area contributed by atoms with Gasteiger partial charge in [-0.1, -0.05) is 12.8 Å². The third-order valence-corrected chi connectivity index (χ3v) is 4.05. The van der Waals surface area contributed by atoms with Crippen molar-refractivity contribution in [3.05, 3.63) is 0 Å². The van der Waals surface area contributed by atoms with Gasteiger partial charge in [0.2, 0.25) is 0 Å². The van der Waals surface area contributed by atoms with Crippen LogP contribution in [-0.2, 0) is 9.84 Å². The van der Waals surface area contributed by atoms with E-state index < -0.39 is 9.84 Å². The standard InChI is InChI=1S/C10H22O4S/c11-7-3-1-5-9-15(13,14)10-6-2-4-8-12/h11-12H,1-10H2. The first-order valence-corrected chi connectivity index (χ1v) is 7.36. The van der Waals surface area contributed by atoms with Crippen LogP contribution < -0.4 is 0 Å². The SMILES string of the molecule is O=S(=O)(CCCCCO)CCCCCO. The van der Waals surface area contributed by atoms with Gasteiger partial charge in [-0.2, -0.15) is 0 Å². The van der Waals surface area contributed by atoms with E-state index in [0.29, 0.717) is 25.7 Å². The van der Waals surface area contributed by atoms with Crippen molar-refractivity contribution in [1.82, 2.24) is 0 Å². The first kappa shape index (κ1) is 14.9. The number of aliphatic hydroxyl groups is 2. The minimum atomic E-state index is -2.91. The predicted molar refractivity (Wildman–Crippen MR) is 60.5 cm³/mol. The van der Waals surface area contributed by atoms with E-state index in [9.17, 15) is 8.42 Å². The zero-order chi connectivity index (χ0) is 11.6. The van der Waals surface area contributed by atoms with Crippen LogP contribution in [0.25, 0.3) is 0 Å². The van der Waals surface area contributed by atoms with Gasteiger partial charge in [0, 0.05) is 13.2 Å². The van der Waals surface area contributed by atoms with Crippen molar-refractivity contribution < 1.29 is 18.6 Å². The molecule has 0 heterocycles. The molecule has 15 heavy (non-hydrogen) atoms. The van der Waals surface area contributed by atoms with Crippen LogP contribution in [0, 0.1) is 0 Å². The average molecular weight is 238 g/mol. The maximum Gasteiger partial charge on any atom is 0.150 e. The highest BCUT2D eigenvalue weighted by atomic mass is 32.2. The molecule has 0 aliphatic carbocycles. The average Bonchev–Trinajstić information content (AvgIpc) is 2.20. The molecule has 0 radical (unpaired) electrons. The monoisotopic (exact) mass is 238 g/mol. The molecule has 0 bridgehead atoms. The molecule has 0 aromatic heterocycles. The molecule has 92 valence electrons. The predicted octanol–water partition coefficient (Wildman–Crippen LogP) is 0.726. The summed E-state index contributed by atoms with van der Waals surface area (Å²) in [5, 5.41) is 17.0. The lowest BCUT2D eigenvalue weighted by Crippen LogP contribution is -2.11. The quantitative estimate of drug-likeness (QED) is 0.550. The van der Waals surface area contributed by atoms with E-state index in [1.165, 1.54) is 0 Å². The topological polar surface area (TPSA) is 74.6 Å². The van der Waals surface area contributed by atoms with Gasteiger partial charge in [-0.15, -0.1) is 0 Å². The molecule has 0 aromatic carbocycles. The fourth-order valence-electron chi connectivity index (χ4n) is 1.32. The van der Waals surface area contributed by atoms with E-state index in [4.69, 9.17) is 10.2 Å². The molecular formula is C10H22O4S. The van der Waals surface area contributed by atoms with Gasteiger partial charge < -0.3 is 10.2 Å². The van der Waals surface area contributed by atoms with Crippen LogP contribution >= 0.6 is 0 Å². The zero-order valence-corrected chi connectivity index (χ0v) is 10.0. The number of hydrogen-bond donors (Lipinski definition) is 2. The molecule has 2 N–H and O–H groups in total. The van der Waals surface area contributed by atoms with Crippen molar-refractivity contribution in [2.24, 2.45) is 0 Å². The lowest BCUT2D eigenvalue weighted by Gasteiger charge is -2.03. The first-order chi connectivity index (χ1) is 7.12. The number of unbranched alkanes of at least 4 members (excludes halogenated alkanes) is 4. The van der Waals surface area contributed by atoms with Crippen molar-refractivity contribution in [2.75, 3.05) is 24.7 Å². The Morgan fingerprint density at radius 2 is 1.07 bits per heavy atom. The van der Waals surface area contributed by atoms with E-state index in [-0.39, 0.29) is 24.7 Å². The van der Waals surface area contributed by atoms with Crippen molar-refractivity contribution in [1.29, 1.82) is 0 Å². The summed E-state index contributed by atoms with van der Waals surface area (Å²) in [4.78, 5) is 0. The maximum atomic E-state index is 11.4. The van der Waals surface area contributed by atoms with Crippen LogP contribution in [0.3, 0.4) is 0 Å². The Labute approximate surface area is 92.2 Å². The fraction of sp³-hybridized carbons (Fsp3) is 1.00. The van der Waals surface area contributed by atoms with E-state index >= 15 is 0 Å². The molecule has 0 fully saturated rings.